The van der Waals surface area contributed by atoms with Crippen molar-refractivity contribution in [3.8, 4) is 33.4 Å². The highest BCUT2D eigenvalue weighted by Crippen LogP contribution is 2.52. The van der Waals surface area contributed by atoms with Crippen LogP contribution >= 0.6 is 0 Å². The molecule has 1 nitrogen and oxygen atoms in total. The first-order chi connectivity index (χ1) is 25.5. The van der Waals surface area contributed by atoms with E-state index < -0.39 is 0 Å². The summed E-state index contributed by atoms with van der Waals surface area (Å²) in [5.74, 6) is 1.38. The summed E-state index contributed by atoms with van der Waals surface area (Å²) in [4.78, 5) is 2.46. The van der Waals surface area contributed by atoms with E-state index in [1.54, 1.807) is 5.56 Å². The average molecular weight is 678 g/mol. The Hall–Kier alpha value is -4.88. The van der Waals surface area contributed by atoms with Crippen molar-refractivity contribution < 1.29 is 0 Å². The number of benzene rings is 6. The molecule has 0 radical (unpaired) electrons. The van der Waals surface area contributed by atoms with Gasteiger partial charge < -0.3 is 4.90 Å². The largest absolute Gasteiger partial charge is 0.310 e. The minimum atomic E-state index is -0.0686. The van der Waals surface area contributed by atoms with Crippen LogP contribution in [0.3, 0.4) is 0 Å². The zero-order chi connectivity index (χ0) is 35.1. The highest BCUT2D eigenvalue weighted by atomic mass is 15.1. The van der Waals surface area contributed by atoms with Gasteiger partial charge in [0.25, 0.3) is 0 Å². The van der Waals surface area contributed by atoms with E-state index in [1.807, 2.05) is 0 Å². The van der Waals surface area contributed by atoms with Crippen LogP contribution in [0.2, 0.25) is 0 Å². The van der Waals surface area contributed by atoms with E-state index in [0.717, 1.165) is 0 Å². The van der Waals surface area contributed by atoms with Crippen LogP contribution in [0.5, 0.6) is 0 Å². The maximum absolute atomic E-state index is 2.56. The summed E-state index contributed by atoms with van der Waals surface area (Å²) in [6, 6.07) is 53.0. The van der Waals surface area contributed by atoms with Crippen molar-refractivity contribution in [1.29, 1.82) is 0 Å². The number of hydrogen-bond donors (Lipinski definition) is 0. The first-order valence-corrected chi connectivity index (χ1v) is 20.0. The molecule has 9 rings (SSSR count). The Morgan fingerprint density at radius 2 is 0.942 bits per heavy atom. The molecule has 0 bridgehead atoms. The fraction of sp³-hybridized carbons (Fsp3) is 0.294. The Balaban J connectivity index is 1.10. The monoisotopic (exact) mass is 677 g/mol. The molecule has 0 aromatic heterocycles. The molecule has 0 heterocycles. The van der Waals surface area contributed by atoms with Gasteiger partial charge in [0.2, 0.25) is 0 Å². The zero-order valence-corrected chi connectivity index (χ0v) is 31.0. The zero-order valence-electron chi connectivity index (χ0n) is 31.0. The summed E-state index contributed by atoms with van der Waals surface area (Å²) in [5.41, 5.74) is 17.4. The molecule has 2 fully saturated rings. The predicted octanol–water partition coefficient (Wildman–Crippen LogP) is 14.9. The summed E-state index contributed by atoms with van der Waals surface area (Å²) < 4.78 is 0. The first kappa shape index (κ1) is 33.0. The van der Waals surface area contributed by atoms with Crippen LogP contribution in [0.15, 0.2) is 140 Å². The van der Waals surface area contributed by atoms with Crippen LogP contribution in [0, 0.1) is 0 Å². The van der Waals surface area contributed by atoms with Crippen LogP contribution in [0.1, 0.15) is 112 Å². The van der Waals surface area contributed by atoms with Gasteiger partial charge in [-0.2, -0.15) is 0 Å². The lowest BCUT2D eigenvalue weighted by molar-refractivity contribution is 0.443. The summed E-state index contributed by atoms with van der Waals surface area (Å²) in [7, 11) is 0. The number of fused-ring (bicyclic) bond motifs is 3. The molecule has 6 aromatic rings. The number of rotatable bonds is 7. The van der Waals surface area contributed by atoms with E-state index in [1.165, 1.54) is 131 Å². The third-order valence-corrected chi connectivity index (χ3v) is 12.7. The molecule has 260 valence electrons. The fourth-order valence-electron chi connectivity index (χ4n) is 9.77. The van der Waals surface area contributed by atoms with Crippen LogP contribution in [0.25, 0.3) is 33.4 Å². The molecule has 0 amide bonds. The van der Waals surface area contributed by atoms with E-state index in [-0.39, 0.29) is 5.41 Å². The lowest BCUT2D eigenvalue weighted by Crippen LogP contribution is -2.17. The van der Waals surface area contributed by atoms with Gasteiger partial charge in [-0.1, -0.05) is 156 Å². The van der Waals surface area contributed by atoms with Crippen molar-refractivity contribution in [3.63, 3.8) is 0 Å². The van der Waals surface area contributed by atoms with E-state index in [2.05, 4.69) is 158 Å². The molecule has 0 aliphatic heterocycles. The maximum Gasteiger partial charge on any atom is 0.0465 e. The molecule has 0 atom stereocenters. The molecule has 0 saturated heterocycles. The molecule has 52 heavy (non-hydrogen) atoms. The molecule has 1 heteroatoms. The molecule has 0 N–H and O–H groups in total. The predicted molar refractivity (Wildman–Crippen MR) is 221 cm³/mol. The molecule has 0 unspecified atom stereocenters. The smallest absolute Gasteiger partial charge is 0.0465 e. The lowest BCUT2D eigenvalue weighted by atomic mass is 9.79. The summed E-state index contributed by atoms with van der Waals surface area (Å²) >= 11 is 0. The van der Waals surface area contributed by atoms with Crippen LogP contribution in [-0.4, -0.2) is 0 Å². The SMILES string of the molecule is CC1(C)c2cc(C3CCCCC3)ccc2-c2ccc(N(c3ccc(-c4ccccc4)cc3)c3ccc(-c4ccccc4C4CCCCC4)cc3)cc21. The van der Waals surface area contributed by atoms with Crippen molar-refractivity contribution >= 4 is 17.1 Å². The Kier molecular flexibility index (Phi) is 8.83. The third-order valence-electron chi connectivity index (χ3n) is 12.7. The van der Waals surface area contributed by atoms with E-state index in [9.17, 15) is 0 Å². The average Bonchev–Trinajstić information content (AvgIpc) is 3.44. The maximum atomic E-state index is 2.56. The Labute approximate surface area is 311 Å². The Morgan fingerprint density at radius 1 is 0.423 bits per heavy atom. The van der Waals surface area contributed by atoms with Gasteiger partial charge in [0, 0.05) is 22.5 Å². The van der Waals surface area contributed by atoms with Gasteiger partial charge in [-0.15, -0.1) is 0 Å². The minimum Gasteiger partial charge on any atom is -0.310 e. The van der Waals surface area contributed by atoms with E-state index >= 15 is 0 Å². The Bertz CT molecular complexity index is 2160. The van der Waals surface area contributed by atoms with Gasteiger partial charge in [-0.25, -0.2) is 0 Å². The van der Waals surface area contributed by atoms with Crippen LogP contribution < -0.4 is 4.90 Å². The number of hydrogen-bond acceptors (Lipinski definition) is 1. The van der Waals surface area contributed by atoms with Crippen molar-refractivity contribution in [3.05, 3.63) is 162 Å². The number of nitrogens with zero attached hydrogens (tertiary/aromatic N) is 1. The molecule has 2 saturated carbocycles. The van der Waals surface area contributed by atoms with E-state index in [4.69, 9.17) is 0 Å². The molecular weight excluding hydrogens is 627 g/mol. The molecule has 3 aliphatic carbocycles. The second-order valence-electron chi connectivity index (χ2n) is 16.2. The second-order valence-corrected chi connectivity index (χ2v) is 16.2. The second kappa shape index (κ2) is 13.9. The fourth-order valence-corrected chi connectivity index (χ4v) is 9.77. The van der Waals surface area contributed by atoms with Gasteiger partial charge >= 0.3 is 0 Å². The van der Waals surface area contributed by atoms with Crippen molar-refractivity contribution in [2.45, 2.75) is 95.3 Å². The molecule has 3 aliphatic rings. The van der Waals surface area contributed by atoms with Gasteiger partial charge in [0.1, 0.15) is 0 Å². The summed E-state index contributed by atoms with van der Waals surface area (Å²) in [6.45, 7) is 4.87. The third kappa shape index (κ3) is 6.09. The van der Waals surface area contributed by atoms with Gasteiger partial charge in [0.05, 0.1) is 0 Å². The summed E-state index contributed by atoms with van der Waals surface area (Å²) in [5, 5.41) is 0. The normalized spacial score (nSPS) is 17.0. The number of anilines is 3. The Morgan fingerprint density at radius 3 is 1.62 bits per heavy atom. The topological polar surface area (TPSA) is 3.24 Å². The molecular formula is C51H51N. The summed E-state index contributed by atoms with van der Waals surface area (Å²) in [6.07, 6.45) is 13.5. The molecule has 0 spiro atoms. The van der Waals surface area contributed by atoms with Crippen LogP contribution in [-0.2, 0) is 5.41 Å². The quantitative estimate of drug-likeness (QED) is 0.163. The highest BCUT2D eigenvalue weighted by molar-refractivity contribution is 5.86. The highest BCUT2D eigenvalue weighted by Gasteiger charge is 2.37. The minimum absolute atomic E-state index is 0.0686. The molecule has 6 aromatic carbocycles. The van der Waals surface area contributed by atoms with E-state index in [0.29, 0.717) is 11.8 Å². The standard InChI is InChI=1S/C51H51N/c1-51(2)49-34-41(37-16-8-4-9-17-37)26-32-47(49)48-33-31-44(35-50(48)51)52(42-27-22-38(23-28-42)36-14-6-3-7-15-36)43-29-24-40(25-30-43)46-21-13-12-20-45(46)39-18-10-5-11-19-39/h3,6-7,12-15,20-35,37,39H,4-5,8-11,16-19H2,1-2H3. The van der Waals surface area contributed by atoms with Crippen molar-refractivity contribution in [2.24, 2.45) is 0 Å². The van der Waals surface area contributed by atoms with Gasteiger partial charge in [-0.3, -0.25) is 0 Å². The van der Waals surface area contributed by atoms with Gasteiger partial charge in [0.15, 0.2) is 0 Å². The van der Waals surface area contributed by atoms with Crippen molar-refractivity contribution in [1.82, 2.24) is 0 Å². The lowest BCUT2D eigenvalue weighted by Gasteiger charge is -2.29. The van der Waals surface area contributed by atoms with Crippen LogP contribution in [0.4, 0.5) is 17.1 Å². The van der Waals surface area contributed by atoms with Gasteiger partial charge in [-0.05, 0) is 130 Å². The first-order valence-electron chi connectivity index (χ1n) is 20.0. The van der Waals surface area contributed by atoms with Crippen molar-refractivity contribution in [2.75, 3.05) is 4.90 Å².